The number of nitrogens with zero attached hydrogens (tertiary/aromatic N) is 2. The monoisotopic (exact) mass is 408 g/mol. The number of aromatic nitrogens is 1. The van der Waals surface area contributed by atoms with E-state index in [9.17, 15) is 4.79 Å². The van der Waals surface area contributed by atoms with E-state index < -0.39 is 0 Å². The molecule has 0 radical (unpaired) electrons. The van der Waals surface area contributed by atoms with Gasteiger partial charge in [-0.2, -0.15) is 0 Å². The summed E-state index contributed by atoms with van der Waals surface area (Å²) in [4.78, 5) is 19.4. The fraction of sp³-hybridized carbons (Fsp3) is 0.304. The van der Waals surface area contributed by atoms with Crippen molar-refractivity contribution in [1.82, 2.24) is 9.88 Å². The quantitative estimate of drug-likeness (QED) is 0.621. The van der Waals surface area contributed by atoms with Crippen LogP contribution in [0.2, 0.25) is 0 Å². The van der Waals surface area contributed by atoms with Gasteiger partial charge in [0.2, 0.25) is 11.6 Å². The molecule has 2 aromatic carbocycles. The Hall–Kier alpha value is -3.48. The van der Waals surface area contributed by atoms with E-state index in [1.54, 1.807) is 17.0 Å². The second-order valence-electron chi connectivity index (χ2n) is 7.04. The number of hydrogen-bond donors (Lipinski definition) is 0. The van der Waals surface area contributed by atoms with Gasteiger partial charge < -0.3 is 23.8 Å². The van der Waals surface area contributed by atoms with E-state index in [0.717, 1.165) is 17.3 Å². The normalized spacial score (nSPS) is 15.8. The lowest BCUT2D eigenvalue weighted by molar-refractivity contribution is 0.0770. The second-order valence-corrected chi connectivity index (χ2v) is 7.04. The summed E-state index contributed by atoms with van der Waals surface area (Å²) in [5, 5.41) is 1.07. The van der Waals surface area contributed by atoms with Gasteiger partial charge in [-0.1, -0.05) is 18.2 Å². The molecule has 0 saturated carbocycles. The zero-order valence-corrected chi connectivity index (χ0v) is 17.3. The molecule has 0 bridgehead atoms. The zero-order chi connectivity index (χ0) is 21.1. The molecule has 1 aliphatic heterocycles. The molecule has 1 atom stereocenters. The molecule has 7 heteroatoms. The molecular weight excluding hydrogens is 384 g/mol. The Bertz CT molecular complexity index is 1040. The molecule has 0 N–H and O–H groups in total. The fourth-order valence-electron chi connectivity index (χ4n) is 3.68. The van der Waals surface area contributed by atoms with Gasteiger partial charge >= 0.3 is 0 Å². The third-order valence-electron chi connectivity index (χ3n) is 5.20. The van der Waals surface area contributed by atoms with Crippen LogP contribution in [0.4, 0.5) is 0 Å². The van der Waals surface area contributed by atoms with Gasteiger partial charge in [-0.3, -0.25) is 4.79 Å². The molecule has 156 valence electrons. The Balaban J connectivity index is 1.47. The molecule has 3 aromatic rings. The standard InChI is InChI=1S/C23H24N2O5/c1-27-19-12-16(13-20(28-2)22(19)29-3)23(26)25-11-10-17(14-25)30-21-9-8-15-6-4-5-7-18(15)24-21/h4-9,12-13,17H,10-11,14H2,1-3H3. The Morgan fingerprint density at radius 1 is 1.00 bits per heavy atom. The number of rotatable bonds is 6. The summed E-state index contributed by atoms with van der Waals surface area (Å²) in [5.41, 5.74) is 1.37. The number of amides is 1. The molecule has 1 amide bonds. The number of methoxy groups -OCH3 is 3. The molecule has 2 heterocycles. The Morgan fingerprint density at radius 3 is 2.43 bits per heavy atom. The number of likely N-dealkylation sites (tertiary alicyclic amines) is 1. The highest BCUT2D eigenvalue weighted by Crippen LogP contribution is 2.38. The number of pyridine rings is 1. The van der Waals surface area contributed by atoms with Crippen LogP contribution in [-0.4, -0.2) is 56.3 Å². The molecule has 1 unspecified atom stereocenters. The van der Waals surface area contributed by atoms with Gasteiger partial charge in [0, 0.05) is 30.0 Å². The zero-order valence-electron chi connectivity index (χ0n) is 17.3. The van der Waals surface area contributed by atoms with Crippen LogP contribution in [-0.2, 0) is 0 Å². The minimum absolute atomic E-state index is 0.105. The van der Waals surface area contributed by atoms with Crippen LogP contribution in [0, 0.1) is 0 Å². The lowest BCUT2D eigenvalue weighted by Crippen LogP contribution is -2.31. The van der Waals surface area contributed by atoms with Gasteiger partial charge in [-0.05, 0) is 24.3 Å². The van der Waals surface area contributed by atoms with Crippen molar-refractivity contribution in [3.05, 3.63) is 54.1 Å². The van der Waals surface area contributed by atoms with Crippen LogP contribution in [0.3, 0.4) is 0 Å². The summed E-state index contributed by atoms with van der Waals surface area (Å²) in [6.07, 6.45) is 0.634. The maximum Gasteiger partial charge on any atom is 0.254 e. The molecule has 30 heavy (non-hydrogen) atoms. The van der Waals surface area contributed by atoms with Crippen LogP contribution in [0.5, 0.6) is 23.1 Å². The van der Waals surface area contributed by atoms with E-state index in [2.05, 4.69) is 4.98 Å². The summed E-state index contributed by atoms with van der Waals surface area (Å²) >= 11 is 0. The van der Waals surface area contributed by atoms with Crippen molar-refractivity contribution in [1.29, 1.82) is 0 Å². The van der Waals surface area contributed by atoms with Crippen LogP contribution >= 0.6 is 0 Å². The first-order valence-electron chi connectivity index (χ1n) is 9.74. The number of ether oxygens (including phenoxy) is 4. The molecule has 1 saturated heterocycles. The first-order chi connectivity index (χ1) is 14.6. The summed E-state index contributed by atoms with van der Waals surface area (Å²) in [7, 11) is 4.59. The number of carbonyl (C=O) groups excluding carboxylic acids is 1. The number of hydrogen-bond acceptors (Lipinski definition) is 6. The van der Waals surface area contributed by atoms with Gasteiger partial charge in [0.15, 0.2) is 11.5 Å². The van der Waals surface area contributed by atoms with Crippen molar-refractivity contribution in [3.8, 4) is 23.1 Å². The van der Waals surface area contributed by atoms with Gasteiger partial charge in [-0.25, -0.2) is 4.98 Å². The van der Waals surface area contributed by atoms with E-state index >= 15 is 0 Å². The topological polar surface area (TPSA) is 70.1 Å². The highest BCUT2D eigenvalue weighted by Gasteiger charge is 2.30. The van der Waals surface area contributed by atoms with Gasteiger partial charge in [0.05, 0.1) is 33.4 Å². The summed E-state index contributed by atoms with van der Waals surface area (Å²) in [5.74, 6) is 1.83. The maximum absolute atomic E-state index is 13.1. The number of para-hydroxylation sites is 1. The molecule has 0 spiro atoms. The predicted octanol–water partition coefficient (Wildman–Crippen LogP) is 3.55. The fourth-order valence-corrected chi connectivity index (χ4v) is 3.68. The van der Waals surface area contributed by atoms with Crippen LogP contribution in [0.1, 0.15) is 16.8 Å². The lowest BCUT2D eigenvalue weighted by atomic mass is 10.1. The summed E-state index contributed by atoms with van der Waals surface area (Å²) < 4.78 is 22.1. The Morgan fingerprint density at radius 2 is 1.73 bits per heavy atom. The Labute approximate surface area is 175 Å². The van der Waals surface area contributed by atoms with Crippen molar-refractivity contribution >= 4 is 16.8 Å². The largest absolute Gasteiger partial charge is 0.493 e. The summed E-state index contributed by atoms with van der Waals surface area (Å²) in [6, 6.07) is 15.1. The van der Waals surface area contributed by atoms with Gasteiger partial charge in [-0.15, -0.1) is 0 Å². The first kappa shape index (κ1) is 19.8. The maximum atomic E-state index is 13.1. The van der Waals surface area contributed by atoms with Gasteiger partial charge in [0.1, 0.15) is 6.10 Å². The lowest BCUT2D eigenvalue weighted by Gasteiger charge is -2.19. The number of benzene rings is 2. The average molecular weight is 408 g/mol. The van der Waals surface area contributed by atoms with E-state index in [1.165, 1.54) is 21.3 Å². The van der Waals surface area contributed by atoms with Crippen molar-refractivity contribution in [2.75, 3.05) is 34.4 Å². The number of fused-ring (bicyclic) bond motifs is 1. The Kier molecular flexibility index (Phi) is 5.61. The van der Waals surface area contributed by atoms with E-state index in [0.29, 0.717) is 41.8 Å². The van der Waals surface area contributed by atoms with Gasteiger partial charge in [0.25, 0.3) is 5.91 Å². The van der Waals surface area contributed by atoms with E-state index in [1.807, 2.05) is 36.4 Å². The molecule has 1 aliphatic rings. The van der Waals surface area contributed by atoms with Crippen LogP contribution < -0.4 is 18.9 Å². The average Bonchev–Trinajstić information content (AvgIpc) is 3.25. The molecule has 1 fully saturated rings. The predicted molar refractivity (Wildman–Crippen MR) is 113 cm³/mol. The third kappa shape index (κ3) is 3.83. The third-order valence-corrected chi connectivity index (χ3v) is 5.20. The van der Waals surface area contributed by atoms with Crippen molar-refractivity contribution in [2.24, 2.45) is 0 Å². The van der Waals surface area contributed by atoms with E-state index in [4.69, 9.17) is 18.9 Å². The van der Waals surface area contributed by atoms with E-state index in [-0.39, 0.29) is 12.0 Å². The smallest absolute Gasteiger partial charge is 0.254 e. The SMILES string of the molecule is COc1cc(C(=O)N2CCC(Oc3ccc4ccccc4n3)C2)cc(OC)c1OC. The molecular formula is C23H24N2O5. The van der Waals surface area contributed by atoms with Crippen molar-refractivity contribution < 1.29 is 23.7 Å². The van der Waals surface area contributed by atoms with Crippen LogP contribution in [0.25, 0.3) is 10.9 Å². The van der Waals surface area contributed by atoms with Crippen molar-refractivity contribution in [3.63, 3.8) is 0 Å². The highest BCUT2D eigenvalue weighted by atomic mass is 16.5. The molecule has 1 aromatic heterocycles. The molecule has 0 aliphatic carbocycles. The van der Waals surface area contributed by atoms with Crippen LogP contribution in [0.15, 0.2) is 48.5 Å². The highest BCUT2D eigenvalue weighted by molar-refractivity contribution is 5.96. The minimum Gasteiger partial charge on any atom is -0.493 e. The molecule has 4 rings (SSSR count). The molecule has 7 nitrogen and oxygen atoms in total. The number of carbonyl (C=O) groups is 1. The second kappa shape index (κ2) is 8.49. The summed E-state index contributed by atoms with van der Waals surface area (Å²) in [6.45, 7) is 1.09. The first-order valence-corrected chi connectivity index (χ1v) is 9.74. The minimum atomic E-state index is -0.107. The van der Waals surface area contributed by atoms with Crippen molar-refractivity contribution in [2.45, 2.75) is 12.5 Å².